The van der Waals surface area contributed by atoms with Gasteiger partial charge in [0, 0.05) is 0 Å². The van der Waals surface area contributed by atoms with Crippen molar-refractivity contribution in [3.63, 3.8) is 0 Å². The molecule has 6 heteroatoms. The number of hydrogen-bond donors (Lipinski definition) is 1. The first-order valence-corrected chi connectivity index (χ1v) is 7.01. The van der Waals surface area contributed by atoms with Crippen molar-refractivity contribution in [3.8, 4) is 11.5 Å². The number of aryl methyl sites for hydroxylation is 1. The highest BCUT2D eigenvalue weighted by molar-refractivity contribution is 9.10. The first-order chi connectivity index (χ1) is 10.1. The fourth-order valence-corrected chi connectivity index (χ4v) is 2.32. The number of pyridine rings is 1. The molecule has 0 unspecified atom stereocenters. The number of carbonyl (C=O) groups excluding carboxylic acids is 1. The maximum atomic E-state index is 12.5. The molecule has 0 bridgehead atoms. The Morgan fingerprint density at radius 2 is 1.76 bits per heavy atom. The third-order valence-corrected chi connectivity index (χ3v) is 3.40. The van der Waals surface area contributed by atoms with E-state index in [4.69, 9.17) is 9.47 Å². The van der Waals surface area contributed by atoms with Crippen LogP contribution in [-0.2, 0) is 0 Å². The highest BCUT2D eigenvalue weighted by Crippen LogP contribution is 2.29. The average molecular weight is 351 g/mol. The Labute approximate surface area is 131 Å². The van der Waals surface area contributed by atoms with Crippen LogP contribution in [0.3, 0.4) is 0 Å². The van der Waals surface area contributed by atoms with E-state index in [2.05, 4.69) is 26.2 Å². The molecule has 1 aromatic carbocycles. The molecule has 0 spiro atoms. The number of halogens is 1. The molecule has 0 radical (unpaired) electrons. The van der Waals surface area contributed by atoms with Crippen LogP contribution in [0.15, 0.2) is 34.9 Å². The fourth-order valence-electron chi connectivity index (χ4n) is 1.92. The first kappa shape index (κ1) is 15.3. The number of carbonyl (C=O) groups is 1. The molecule has 1 amide bonds. The topological polar surface area (TPSA) is 60.5 Å². The van der Waals surface area contributed by atoms with Gasteiger partial charge in [-0.2, -0.15) is 0 Å². The number of ether oxygens (including phenoxy) is 2. The Kier molecular flexibility index (Phi) is 4.80. The van der Waals surface area contributed by atoms with E-state index in [0.29, 0.717) is 33.0 Å². The molecule has 1 heterocycles. The zero-order valence-corrected chi connectivity index (χ0v) is 13.5. The quantitative estimate of drug-likeness (QED) is 0.858. The predicted octanol–water partition coefficient (Wildman–Crippen LogP) is 3.42. The Bertz CT molecular complexity index is 652. The largest absolute Gasteiger partial charge is 0.496 e. The molecular weight excluding hydrogens is 336 g/mol. The van der Waals surface area contributed by atoms with E-state index in [0.717, 1.165) is 0 Å². The Hall–Kier alpha value is -2.08. The molecule has 1 N–H and O–H groups in total. The lowest BCUT2D eigenvalue weighted by molar-refractivity contribution is 0.102. The summed E-state index contributed by atoms with van der Waals surface area (Å²) >= 11 is 3.29. The second kappa shape index (κ2) is 6.58. The molecule has 0 aliphatic rings. The monoisotopic (exact) mass is 350 g/mol. The minimum absolute atomic E-state index is 0.309. The summed E-state index contributed by atoms with van der Waals surface area (Å²) in [5, 5.41) is 2.82. The maximum absolute atomic E-state index is 12.5. The summed E-state index contributed by atoms with van der Waals surface area (Å²) in [7, 11) is 3.02. The van der Waals surface area contributed by atoms with Gasteiger partial charge in [-0.1, -0.05) is 6.07 Å². The summed E-state index contributed by atoms with van der Waals surface area (Å²) in [5.74, 6) is 0.598. The maximum Gasteiger partial charge on any atom is 0.263 e. The number of nitrogens with zero attached hydrogens (tertiary/aromatic N) is 1. The van der Waals surface area contributed by atoms with Crippen molar-refractivity contribution in [2.24, 2.45) is 0 Å². The molecule has 1 aromatic heterocycles. The summed E-state index contributed by atoms with van der Waals surface area (Å²) in [4.78, 5) is 16.7. The van der Waals surface area contributed by atoms with Crippen LogP contribution >= 0.6 is 15.9 Å². The first-order valence-electron chi connectivity index (χ1n) is 6.22. The van der Waals surface area contributed by atoms with Gasteiger partial charge < -0.3 is 14.8 Å². The van der Waals surface area contributed by atoms with Crippen molar-refractivity contribution in [2.45, 2.75) is 6.92 Å². The Morgan fingerprint density at radius 1 is 1.14 bits per heavy atom. The molecule has 21 heavy (non-hydrogen) atoms. The molecule has 0 saturated heterocycles. The van der Waals surface area contributed by atoms with E-state index >= 15 is 0 Å². The number of methoxy groups -OCH3 is 2. The van der Waals surface area contributed by atoms with Gasteiger partial charge >= 0.3 is 0 Å². The zero-order valence-electron chi connectivity index (χ0n) is 11.9. The van der Waals surface area contributed by atoms with Gasteiger partial charge in [0.25, 0.3) is 5.91 Å². The third kappa shape index (κ3) is 3.33. The van der Waals surface area contributed by atoms with Crippen molar-refractivity contribution >= 4 is 27.5 Å². The number of rotatable bonds is 4. The summed E-state index contributed by atoms with van der Waals surface area (Å²) in [5.41, 5.74) is 1.70. The second-order valence-electron chi connectivity index (χ2n) is 4.26. The van der Waals surface area contributed by atoms with Crippen LogP contribution in [0.4, 0.5) is 5.69 Å². The van der Waals surface area contributed by atoms with Crippen LogP contribution in [0.2, 0.25) is 0 Å². The van der Waals surface area contributed by atoms with Crippen LogP contribution in [0.5, 0.6) is 11.5 Å². The van der Waals surface area contributed by atoms with E-state index in [1.165, 1.54) is 14.2 Å². The van der Waals surface area contributed by atoms with Crippen molar-refractivity contribution in [1.82, 2.24) is 4.98 Å². The summed E-state index contributed by atoms with van der Waals surface area (Å²) in [6.07, 6.45) is 0. The average Bonchev–Trinajstić information content (AvgIpc) is 2.49. The van der Waals surface area contributed by atoms with Crippen LogP contribution in [0.25, 0.3) is 0 Å². The zero-order chi connectivity index (χ0) is 15.4. The van der Waals surface area contributed by atoms with Gasteiger partial charge in [0.05, 0.1) is 25.6 Å². The van der Waals surface area contributed by atoms with Crippen molar-refractivity contribution in [1.29, 1.82) is 0 Å². The van der Waals surface area contributed by atoms with Crippen molar-refractivity contribution in [2.75, 3.05) is 19.5 Å². The predicted molar refractivity (Wildman–Crippen MR) is 84.2 cm³/mol. The molecule has 2 rings (SSSR count). The van der Waals surface area contributed by atoms with Crippen LogP contribution in [-0.4, -0.2) is 25.1 Å². The van der Waals surface area contributed by atoms with Crippen molar-refractivity contribution < 1.29 is 14.3 Å². The number of nitrogens with one attached hydrogen (secondary N) is 1. The van der Waals surface area contributed by atoms with E-state index in [9.17, 15) is 4.79 Å². The van der Waals surface area contributed by atoms with Crippen LogP contribution in [0.1, 0.15) is 16.1 Å². The van der Waals surface area contributed by atoms with Gasteiger partial charge in [0.1, 0.15) is 21.7 Å². The van der Waals surface area contributed by atoms with Gasteiger partial charge in [-0.05, 0) is 47.1 Å². The number of hydrogen-bond acceptors (Lipinski definition) is 4. The minimum atomic E-state index is -0.309. The van der Waals surface area contributed by atoms with Crippen LogP contribution in [0, 0.1) is 6.92 Å². The number of aromatic nitrogens is 1. The minimum Gasteiger partial charge on any atom is -0.496 e. The normalized spacial score (nSPS) is 10.1. The SMILES string of the molecule is COc1cccc(OC)c1C(=O)Nc1ccc(Br)nc1C. The third-order valence-electron chi connectivity index (χ3n) is 2.95. The summed E-state index contributed by atoms with van der Waals surface area (Å²) < 4.78 is 11.2. The lowest BCUT2D eigenvalue weighted by Crippen LogP contribution is -2.15. The molecule has 0 saturated carbocycles. The number of anilines is 1. The van der Waals surface area contributed by atoms with Gasteiger partial charge in [-0.15, -0.1) is 0 Å². The Balaban J connectivity index is 2.36. The Morgan fingerprint density at radius 3 is 2.29 bits per heavy atom. The highest BCUT2D eigenvalue weighted by atomic mass is 79.9. The van der Waals surface area contributed by atoms with Gasteiger partial charge in [-0.25, -0.2) is 4.98 Å². The van der Waals surface area contributed by atoms with E-state index in [1.54, 1.807) is 30.3 Å². The molecule has 110 valence electrons. The molecule has 0 atom stereocenters. The molecular formula is C15H15BrN2O3. The van der Waals surface area contributed by atoms with E-state index in [1.807, 2.05) is 6.92 Å². The molecule has 0 aliphatic carbocycles. The number of benzene rings is 1. The lowest BCUT2D eigenvalue weighted by atomic mass is 10.1. The smallest absolute Gasteiger partial charge is 0.263 e. The van der Waals surface area contributed by atoms with E-state index in [-0.39, 0.29) is 5.91 Å². The number of amides is 1. The van der Waals surface area contributed by atoms with Gasteiger partial charge in [-0.3, -0.25) is 4.79 Å². The molecule has 0 aliphatic heterocycles. The standard InChI is InChI=1S/C15H15BrN2O3/c1-9-10(7-8-13(16)17-9)18-15(19)14-11(20-2)5-4-6-12(14)21-3/h4-8H,1-3H3,(H,18,19). The van der Waals surface area contributed by atoms with Gasteiger partial charge in [0.2, 0.25) is 0 Å². The molecule has 5 nitrogen and oxygen atoms in total. The van der Waals surface area contributed by atoms with E-state index < -0.39 is 0 Å². The molecule has 2 aromatic rings. The summed E-state index contributed by atoms with van der Waals surface area (Å²) in [6.45, 7) is 1.82. The van der Waals surface area contributed by atoms with Crippen molar-refractivity contribution in [3.05, 3.63) is 46.2 Å². The highest BCUT2D eigenvalue weighted by Gasteiger charge is 2.19. The summed E-state index contributed by atoms with van der Waals surface area (Å²) in [6, 6.07) is 8.74. The van der Waals surface area contributed by atoms with Crippen LogP contribution < -0.4 is 14.8 Å². The lowest BCUT2D eigenvalue weighted by Gasteiger charge is -2.13. The molecule has 0 fully saturated rings. The fraction of sp³-hybridized carbons (Fsp3) is 0.200. The second-order valence-corrected chi connectivity index (χ2v) is 5.07. The van der Waals surface area contributed by atoms with Gasteiger partial charge in [0.15, 0.2) is 0 Å².